The summed E-state index contributed by atoms with van der Waals surface area (Å²) >= 11 is 0. The number of carbonyl (C=O) groups excluding carboxylic acids is 1. The van der Waals surface area contributed by atoms with E-state index in [1.54, 1.807) is 5.57 Å². The van der Waals surface area contributed by atoms with Crippen molar-refractivity contribution in [3.05, 3.63) is 83.4 Å². The number of rotatable bonds is 22. The molecule has 8 atom stereocenters. The number of ether oxygens (including phenoxy) is 1. The summed E-state index contributed by atoms with van der Waals surface area (Å²) < 4.78 is 6.38. The second-order valence-electron chi connectivity index (χ2n) is 20.2. The van der Waals surface area contributed by atoms with Gasteiger partial charge in [-0.25, -0.2) is 0 Å². The van der Waals surface area contributed by atoms with Gasteiger partial charge in [0.1, 0.15) is 6.10 Å². The first-order valence-corrected chi connectivity index (χ1v) is 23.7. The molecule has 0 aliphatic heterocycles. The van der Waals surface area contributed by atoms with Crippen molar-refractivity contribution in [3.63, 3.8) is 0 Å². The summed E-state index contributed by atoms with van der Waals surface area (Å²) in [5.74, 6) is 5.04. The minimum atomic E-state index is -0.0433. The number of hydrogen-bond acceptors (Lipinski definition) is 5. The Hall–Kier alpha value is -2.47. The summed E-state index contributed by atoms with van der Waals surface area (Å²) in [5, 5.41) is 0. The Bertz CT molecular complexity index is 1530. The third-order valence-corrected chi connectivity index (χ3v) is 15.8. The summed E-state index contributed by atoms with van der Waals surface area (Å²) in [5.41, 5.74) is 10.9. The average Bonchev–Trinajstić information content (AvgIpc) is 3.56. The fourth-order valence-electron chi connectivity index (χ4n) is 12.7. The highest BCUT2D eigenvalue weighted by atomic mass is 16.5. The molecule has 3 fully saturated rings. The molecule has 6 rings (SSSR count). The molecule has 4 aliphatic rings. The zero-order valence-corrected chi connectivity index (χ0v) is 36.9. The van der Waals surface area contributed by atoms with E-state index >= 15 is 0 Å². The van der Waals surface area contributed by atoms with E-state index in [1.165, 1.54) is 88.2 Å². The Labute approximate surface area is 349 Å². The van der Waals surface area contributed by atoms with Gasteiger partial charge in [0, 0.05) is 19.5 Å². The summed E-state index contributed by atoms with van der Waals surface area (Å²) in [7, 11) is 0. The number of unbranched alkanes of at least 4 members (excludes halogenated alkanes) is 3. The topological polar surface area (TPSA) is 58.8 Å². The number of benzene rings is 2. The van der Waals surface area contributed by atoms with Crippen molar-refractivity contribution in [3.8, 4) is 0 Å². The maximum absolute atomic E-state index is 13.7. The third-order valence-electron chi connectivity index (χ3n) is 15.8. The fraction of sp³-hybridized carbons (Fsp3) is 0.712. The van der Waals surface area contributed by atoms with Crippen LogP contribution in [0.15, 0.2) is 72.3 Å². The van der Waals surface area contributed by atoms with Gasteiger partial charge in [-0.2, -0.15) is 0 Å². The lowest BCUT2D eigenvalue weighted by atomic mass is 9.47. The number of allylic oxidation sites excluding steroid dienone is 1. The molecule has 5 nitrogen and oxygen atoms in total. The van der Waals surface area contributed by atoms with Crippen molar-refractivity contribution in [2.45, 2.75) is 157 Å². The lowest BCUT2D eigenvalue weighted by Gasteiger charge is -2.58. The Morgan fingerprint density at radius 2 is 1.40 bits per heavy atom. The van der Waals surface area contributed by atoms with Crippen LogP contribution >= 0.6 is 0 Å². The summed E-state index contributed by atoms with van der Waals surface area (Å²) in [6.45, 7) is 18.6. The van der Waals surface area contributed by atoms with Gasteiger partial charge in [-0.05, 0) is 148 Å². The van der Waals surface area contributed by atoms with E-state index in [1.807, 2.05) is 0 Å². The molecule has 2 aromatic rings. The molecule has 0 heterocycles. The summed E-state index contributed by atoms with van der Waals surface area (Å²) in [6.07, 6.45) is 22.6. The van der Waals surface area contributed by atoms with Gasteiger partial charge in [-0.1, -0.05) is 139 Å². The molecule has 4 aliphatic carbocycles. The average molecular weight is 780 g/mol. The monoisotopic (exact) mass is 780 g/mol. The third kappa shape index (κ3) is 11.6. The van der Waals surface area contributed by atoms with Gasteiger partial charge in [0.25, 0.3) is 0 Å². The minimum Gasteiger partial charge on any atom is -0.461 e. The molecule has 3 saturated carbocycles. The first-order valence-electron chi connectivity index (χ1n) is 23.7. The molecular weight excluding hydrogens is 699 g/mol. The highest BCUT2D eigenvalue weighted by Gasteiger charge is 2.59. The van der Waals surface area contributed by atoms with E-state index in [4.69, 9.17) is 10.5 Å². The molecule has 4 unspecified atom stereocenters. The van der Waals surface area contributed by atoms with Gasteiger partial charge in [0.2, 0.25) is 0 Å². The molecule has 2 aromatic carbocycles. The van der Waals surface area contributed by atoms with Gasteiger partial charge in [0.05, 0.1) is 6.54 Å². The normalized spacial score (nSPS) is 28.9. The lowest BCUT2D eigenvalue weighted by Crippen LogP contribution is -2.51. The lowest BCUT2D eigenvalue weighted by molar-refractivity contribution is -0.153. The molecule has 0 saturated heterocycles. The highest BCUT2D eigenvalue weighted by molar-refractivity contribution is 5.72. The fourth-order valence-corrected chi connectivity index (χ4v) is 12.7. The predicted octanol–water partition coefficient (Wildman–Crippen LogP) is 11.9. The standard InChI is InChI=1S/C52H81N3O2/c1-40(2)18-16-19-41(3)47-26-27-48-46-25-24-44-36-45(28-30-51(44,4)49(46)29-31-52(47,48)5)57-50(56)39-55(38-43-22-12-9-13-23-43)34-15-7-6-14-33-54(35-17-32-53)37-42-20-10-8-11-21-42/h8-13,20-24,40-41,45-49H,6-7,14-19,25-39,53H2,1-5H3/t41-,45?,46?,47-,48?,49?,51+,52-/m1/s1. The van der Waals surface area contributed by atoms with Crippen LogP contribution < -0.4 is 5.73 Å². The number of carbonyl (C=O) groups is 1. The van der Waals surface area contributed by atoms with Gasteiger partial charge in [-0.3, -0.25) is 14.6 Å². The maximum Gasteiger partial charge on any atom is 0.320 e. The molecule has 5 heteroatoms. The molecular formula is C52H81N3O2. The second-order valence-corrected chi connectivity index (χ2v) is 20.2. The van der Waals surface area contributed by atoms with Crippen LogP contribution in [0, 0.1) is 46.3 Å². The van der Waals surface area contributed by atoms with E-state index in [0.717, 1.165) is 100 Å². The highest BCUT2D eigenvalue weighted by Crippen LogP contribution is 2.67. The van der Waals surface area contributed by atoms with Crippen LogP contribution in [-0.4, -0.2) is 54.6 Å². The number of hydrogen-bond donors (Lipinski definition) is 1. The molecule has 0 amide bonds. The number of nitrogens with zero attached hydrogens (tertiary/aromatic N) is 2. The second kappa shape index (κ2) is 21.2. The summed E-state index contributed by atoms with van der Waals surface area (Å²) in [4.78, 5) is 18.6. The van der Waals surface area contributed by atoms with Crippen molar-refractivity contribution in [1.82, 2.24) is 9.80 Å². The van der Waals surface area contributed by atoms with Gasteiger partial charge >= 0.3 is 5.97 Å². The predicted molar refractivity (Wildman–Crippen MR) is 239 cm³/mol. The van der Waals surface area contributed by atoms with Crippen molar-refractivity contribution >= 4 is 5.97 Å². The van der Waals surface area contributed by atoms with Gasteiger partial charge in [0.15, 0.2) is 0 Å². The Kier molecular flexibility index (Phi) is 16.4. The first kappa shape index (κ1) is 44.1. The van der Waals surface area contributed by atoms with Crippen molar-refractivity contribution in [2.75, 3.05) is 32.7 Å². The number of esters is 1. The Morgan fingerprint density at radius 1 is 0.754 bits per heavy atom. The van der Waals surface area contributed by atoms with Crippen LogP contribution in [0.5, 0.6) is 0 Å². The summed E-state index contributed by atoms with van der Waals surface area (Å²) in [6, 6.07) is 21.4. The number of nitrogens with two attached hydrogens (primary N) is 1. The Morgan fingerprint density at radius 3 is 2.07 bits per heavy atom. The SMILES string of the molecule is CC(C)CCC[C@@H](C)[C@H]1CCC2C3CC=C4CC(OC(=O)CN(CCCCCCN(CCCN)Cc5ccccc5)Cc5ccccc5)CC[C@]4(C)C3CC[C@@]21C. The van der Waals surface area contributed by atoms with E-state index in [0.29, 0.717) is 12.0 Å². The molecule has 0 aromatic heterocycles. The van der Waals surface area contributed by atoms with Crippen LogP contribution in [0.4, 0.5) is 0 Å². The van der Waals surface area contributed by atoms with E-state index in [9.17, 15) is 4.79 Å². The molecule has 316 valence electrons. The van der Waals surface area contributed by atoms with Gasteiger partial charge in [-0.15, -0.1) is 0 Å². The molecule has 57 heavy (non-hydrogen) atoms. The maximum atomic E-state index is 13.7. The van der Waals surface area contributed by atoms with Crippen LogP contribution in [0.2, 0.25) is 0 Å². The van der Waals surface area contributed by atoms with Crippen LogP contribution in [0.1, 0.15) is 148 Å². The minimum absolute atomic E-state index is 0.0152. The van der Waals surface area contributed by atoms with Crippen molar-refractivity contribution in [1.29, 1.82) is 0 Å². The quantitative estimate of drug-likeness (QED) is 0.0733. The van der Waals surface area contributed by atoms with Crippen LogP contribution in [-0.2, 0) is 22.6 Å². The van der Waals surface area contributed by atoms with Crippen molar-refractivity contribution < 1.29 is 9.53 Å². The first-order chi connectivity index (χ1) is 27.6. The van der Waals surface area contributed by atoms with Crippen LogP contribution in [0.3, 0.4) is 0 Å². The molecule has 0 spiro atoms. The zero-order valence-electron chi connectivity index (χ0n) is 36.9. The molecule has 2 N–H and O–H groups in total. The number of fused-ring (bicyclic) bond motifs is 5. The van der Waals surface area contributed by atoms with E-state index in [-0.39, 0.29) is 17.5 Å². The molecule has 0 radical (unpaired) electrons. The van der Waals surface area contributed by atoms with E-state index < -0.39 is 0 Å². The largest absolute Gasteiger partial charge is 0.461 e. The van der Waals surface area contributed by atoms with Crippen LogP contribution in [0.25, 0.3) is 0 Å². The Balaban J connectivity index is 0.981. The van der Waals surface area contributed by atoms with Gasteiger partial charge < -0.3 is 10.5 Å². The zero-order chi connectivity index (χ0) is 40.3. The van der Waals surface area contributed by atoms with Crippen molar-refractivity contribution in [2.24, 2.45) is 52.1 Å². The smallest absolute Gasteiger partial charge is 0.320 e. The molecule has 0 bridgehead atoms. The van der Waals surface area contributed by atoms with E-state index in [2.05, 4.69) is 111 Å².